The zero-order chi connectivity index (χ0) is 28.1. The van der Waals surface area contributed by atoms with Crippen molar-refractivity contribution in [2.45, 2.75) is 45.8 Å². The summed E-state index contributed by atoms with van der Waals surface area (Å²) in [7, 11) is 0. The molecule has 3 aliphatic heterocycles. The minimum absolute atomic E-state index is 0.502. The van der Waals surface area contributed by atoms with Crippen LogP contribution in [0.1, 0.15) is 29.1 Å². The molecule has 5 aromatic heterocycles. The summed E-state index contributed by atoms with van der Waals surface area (Å²) < 4.78 is 1.72. The minimum Gasteiger partial charge on any atom is -0.353 e. The zero-order valence-corrected chi connectivity index (χ0v) is 23.8. The molecule has 8 heterocycles. The summed E-state index contributed by atoms with van der Waals surface area (Å²) in [6.45, 7) is 8.61. The van der Waals surface area contributed by atoms with Crippen LogP contribution >= 0.6 is 11.6 Å². The number of nitrogens with zero attached hydrogens (tertiary/aromatic N) is 9. The van der Waals surface area contributed by atoms with Crippen molar-refractivity contribution in [2.24, 2.45) is 0 Å². The van der Waals surface area contributed by atoms with Gasteiger partial charge in [0.1, 0.15) is 11.6 Å². The second kappa shape index (κ2) is 10.2. The summed E-state index contributed by atoms with van der Waals surface area (Å²) in [5, 5.41) is 15.5. The Morgan fingerprint density at radius 1 is 0.951 bits per heavy atom. The summed E-state index contributed by atoms with van der Waals surface area (Å²) in [5.74, 6) is 3.81. The van der Waals surface area contributed by atoms with Crippen molar-refractivity contribution in [1.29, 1.82) is 0 Å². The van der Waals surface area contributed by atoms with Crippen LogP contribution < -0.4 is 10.2 Å². The highest BCUT2D eigenvalue weighted by Crippen LogP contribution is 2.35. The zero-order valence-electron chi connectivity index (χ0n) is 23.1. The number of piperazine rings is 1. The molecular weight excluding hydrogens is 538 g/mol. The number of H-pyrrole nitrogens is 1. The molecule has 11 nitrogen and oxygen atoms in total. The number of aryl methyl sites for hydroxylation is 3. The monoisotopic (exact) mass is 567 g/mol. The molecule has 0 aromatic carbocycles. The first kappa shape index (κ1) is 25.6. The van der Waals surface area contributed by atoms with E-state index in [0.29, 0.717) is 28.7 Å². The van der Waals surface area contributed by atoms with Crippen LogP contribution in [0.15, 0.2) is 55.0 Å². The fourth-order valence-corrected chi connectivity index (χ4v) is 5.76. The van der Waals surface area contributed by atoms with Gasteiger partial charge in [-0.15, -0.1) is 0 Å². The molecule has 3 aliphatic rings. The predicted molar refractivity (Wildman–Crippen MR) is 158 cm³/mol. The highest BCUT2D eigenvalue weighted by molar-refractivity contribution is 6.31. The molecular formula is C29H30ClN11. The molecule has 2 bridgehead atoms. The van der Waals surface area contributed by atoms with Gasteiger partial charge in [-0.2, -0.15) is 10.2 Å². The molecule has 208 valence electrons. The predicted octanol–water partition coefficient (Wildman–Crippen LogP) is 4.63. The van der Waals surface area contributed by atoms with Gasteiger partial charge in [-0.3, -0.25) is 10.00 Å². The van der Waals surface area contributed by atoms with Crippen molar-refractivity contribution in [3.8, 4) is 17.2 Å². The molecule has 3 saturated heterocycles. The summed E-state index contributed by atoms with van der Waals surface area (Å²) in [5.41, 5.74) is 4.73. The highest BCUT2D eigenvalue weighted by Gasteiger charge is 2.44. The van der Waals surface area contributed by atoms with Gasteiger partial charge >= 0.3 is 0 Å². The second-order valence-electron chi connectivity index (χ2n) is 10.8. The minimum atomic E-state index is 0.502. The quantitative estimate of drug-likeness (QED) is 0.290. The summed E-state index contributed by atoms with van der Waals surface area (Å²) in [6, 6.07) is 13.1. The number of rotatable bonds is 7. The molecule has 5 aromatic rings. The Balaban J connectivity index is 0.987. The van der Waals surface area contributed by atoms with E-state index in [2.05, 4.69) is 58.6 Å². The van der Waals surface area contributed by atoms with E-state index in [1.807, 2.05) is 51.4 Å². The summed E-state index contributed by atoms with van der Waals surface area (Å²) in [4.78, 5) is 23.7. The number of hydrogen-bond acceptors (Lipinski definition) is 9. The largest absolute Gasteiger partial charge is 0.353 e. The number of piperidine rings is 1. The van der Waals surface area contributed by atoms with Crippen molar-refractivity contribution in [2.75, 3.05) is 23.3 Å². The van der Waals surface area contributed by atoms with Gasteiger partial charge in [0.25, 0.3) is 0 Å². The van der Waals surface area contributed by atoms with E-state index in [-0.39, 0.29) is 0 Å². The van der Waals surface area contributed by atoms with Gasteiger partial charge in [0.15, 0.2) is 17.5 Å². The Morgan fingerprint density at radius 2 is 1.76 bits per heavy atom. The van der Waals surface area contributed by atoms with Gasteiger partial charge in [0.2, 0.25) is 0 Å². The van der Waals surface area contributed by atoms with Crippen LogP contribution in [0, 0.1) is 20.8 Å². The van der Waals surface area contributed by atoms with Crippen molar-refractivity contribution >= 4 is 29.1 Å². The molecule has 3 fully saturated rings. The SMILES string of the molecule is Cc1cc(Nc2cc(C)[nH]n2)nc(-c2ccc(N3CC4CC(C3)N4Cc3ccc(-n4cc(Cl)c(C)n4)nc3)nc2)n1. The smallest absolute Gasteiger partial charge is 0.163 e. The molecule has 2 N–H and O–H groups in total. The molecule has 0 radical (unpaired) electrons. The van der Waals surface area contributed by atoms with Crippen molar-refractivity contribution in [3.63, 3.8) is 0 Å². The van der Waals surface area contributed by atoms with Crippen LogP contribution in [-0.2, 0) is 6.54 Å². The van der Waals surface area contributed by atoms with Crippen LogP contribution in [0.5, 0.6) is 0 Å². The molecule has 8 rings (SSSR count). The lowest BCUT2D eigenvalue weighted by atomic mass is 9.87. The third-order valence-corrected chi connectivity index (χ3v) is 8.11. The van der Waals surface area contributed by atoms with Gasteiger partial charge in [0.05, 0.1) is 16.9 Å². The van der Waals surface area contributed by atoms with E-state index in [4.69, 9.17) is 21.6 Å². The molecule has 0 aliphatic carbocycles. The van der Waals surface area contributed by atoms with Crippen LogP contribution in [0.4, 0.5) is 17.5 Å². The van der Waals surface area contributed by atoms with Gasteiger partial charge in [-0.05, 0) is 51.0 Å². The van der Waals surface area contributed by atoms with Crippen LogP contribution in [0.2, 0.25) is 5.02 Å². The van der Waals surface area contributed by atoms with E-state index in [0.717, 1.165) is 59.7 Å². The van der Waals surface area contributed by atoms with Crippen LogP contribution in [0.3, 0.4) is 0 Å². The number of aromatic nitrogens is 8. The fourth-order valence-electron chi connectivity index (χ4n) is 5.63. The first-order valence-electron chi connectivity index (χ1n) is 13.7. The topological polar surface area (TPSA) is 117 Å². The number of aromatic amines is 1. The third kappa shape index (κ3) is 5.14. The highest BCUT2D eigenvalue weighted by atomic mass is 35.5. The molecule has 12 heteroatoms. The second-order valence-corrected chi connectivity index (χ2v) is 11.2. The molecule has 0 spiro atoms. The Labute approximate surface area is 242 Å². The van der Waals surface area contributed by atoms with E-state index < -0.39 is 0 Å². The van der Waals surface area contributed by atoms with E-state index >= 15 is 0 Å². The first-order chi connectivity index (χ1) is 19.9. The number of halogens is 1. The Hall–Kier alpha value is -4.35. The average Bonchev–Trinajstić information content (AvgIpc) is 3.55. The number of anilines is 3. The summed E-state index contributed by atoms with van der Waals surface area (Å²) in [6.07, 6.45) is 6.82. The molecule has 0 amide bonds. The summed E-state index contributed by atoms with van der Waals surface area (Å²) >= 11 is 6.15. The van der Waals surface area contributed by atoms with E-state index in [9.17, 15) is 0 Å². The third-order valence-electron chi connectivity index (χ3n) is 7.74. The molecule has 0 saturated carbocycles. The van der Waals surface area contributed by atoms with Gasteiger partial charge in [-0.1, -0.05) is 17.7 Å². The molecule has 41 heavy (non-hydrogen) atoms. The molecule has 2 unspecified atom stereocenters. The Bertz CT molecular complexity index is 1660. The first-order valence-corrected chi connectivity index (χ1v) is 14.0. The van der Waals surface area contributed by atoms with E-state index in [1.165, 1.54) is 12.0 Å². The van der Waals surface area contributed by atoms with Crippen molar-refractivity contribution in [1.82, 2.24) is 44.8 Å². The Morgan fingerprint density at radius 3 is 2.41 bits per heavy atom. The van der Waals surface area contributed by atoms with Crippen molar-refractivity contribution < 1.29 is 0 Å². The van der Waals surface area contributed by atoms with Gasteiger partial charge in [-0.25, -0.2) is 24.6 Å². The fraction of sp³-hybridized carbons (Fsp3) is 0.310. The van der Waals surface area contributed by atoms with Crippen LogP contribution in [0.25, 0.3) is 17.2 Å². The maximum atomic E-state index is 6.15. The normalized spacial score (nSPS) is 18.4. The lowest BCUT2D eigenvalue weighted by Crippen LogP contribution is -2.68. The Kier molecular flexibility index (Phi) is 6.40. The van der Waals surface area contributed by atoms with Gasteiger partial charge in [0, 0.05) is 73.2 Å². The average molecular weight is 568 g/mol. The number of pyridine rings is 2. The number of hydrogen-bond donors (Lipinski definition) is 2. The van der Waals surface area contributed by atoms with Crippen molar-refractivity contribution in [3.05, 3.63) is 82.7 Å². The van der Waals surface area contributed by atoms with Gasteiger partial charge < -0.3 is 10.2 Å². The van der Waals surface area contributed by atoms with Crippen LogP contribution in [-0.4, -0.2) is 70.0 Å². The maximum absolute atomic E-state index is 6.15. The number of nitrogens with one attached hydrogen (secondary N) is 2. The standard InChI is InChI=1S/C29H30ClN11/c1-17-8-25(34-26-9-18(2)36-37-26)35-29(33-17)21-5-7-27(32-12-21)39-14-22-10-23(15-39)40(22)13-20-4-6-28(31-11-20)41-16-24(30)19(3)38-41/h4-9,11-12,16,22-23H,10,13-15H2,1-3H3,(H2,33,34,35,36,37). The number of fused-ring (bicyclic) bond motifs is 2. The molecule has 2 atom stereocenters. The van der Waals surface area contributed by atoms with E-state index in [1.54, 1.807) is 10.9 Å². The lowest BCUT2D eigenvalue weighted by molar-refractivity contribution is -0.00875. The lowest BCUT2D eigenvalue weighted by Gasteiger charge is -2.56. The maximum Gasteiger partial charge on any atom is 0.163 e.